The normalized spacial score (nSPS) is 9.94. The largest absolute Gasteiger partial charge is 0.351 e. The van der Waals surface area contributed by atoms with Crippen LogP contribution < -0.4 is 10.6 Å². The van der Waals surface area contributed by atoms with Crippen LogP contribution in [0.15, 0.2) is 54.6 Å². The summed E-state index contributed by atoms with van der Waals surface area (Å²) < 4.78 is 0. The van der Waals surface area contributed by atoms with Crippen LogP contribution in [0, 0.1) is 6.92 Å². The minimum atomic E-state index is -0.486. The van der Waals surface area contributed by atoms with Crippen LogP contribution in [0.2, 0.25) is 0 Å². The van der Waals surface area contributed by atoms with Gasteiger partial charge < -0.3 is 5.73 Å². The van der Waals surface area contributed by atoms with Gasteiger partial charge in [-0.3, -0.25) is 4.90 Å². The number of urea groups is 1. The molecule has 0 bridgehead atoms. The van der Waals surface area contributed by atoms with Crippen LogP contribution in [0.3, 0.4) is 0 Å². The lowest BCUT2D eigenvalue weighted by molar-refractivity contribution is 0.256. The quantitative estimate of drug-likeness (QED) is 0.839. The highest BCUT2D eigenvalue weighted by Crippen LogP contribution is 2.24. The Balaban J connectivity index is 2.43. The number of carbonyl (C=O) groups is 1. The zero-order chi connectivity index (χ0) is 12.3. The highest BCUT2D eigenvalue weighted by atomic mass is 16.2. The Morgan fingerprint density at radius 2 is 1.47 bits per heavy atom. The molecule has 0 fully saturated rings. The summed E-state index contributed by atoms with van der Waals surface area (Å²) in [5, 5.41) is 0. The van der Waals surface area contributed by atoms with E-state index in [1.165, 1.54) is 4.90 Å². The third-order valence-electron chi connectivity index (χ3n) is 2.53. The molecule has 0 radical (unpaired) electrons. The molecule has 2 rings (SSSR count). The first-order valence-electron chi connectivity index (χ1n) is 5.40. The Bertz CT molecular complexity index is 506. The van der Waals surface area contributed by atoms with E-state index in [2.05, 4.69) is 0 Å². The fourth-order valence-corrected chi connectivity index (χ4v) is 1.67. The number of nitrogens with two attached hydrogens (primary N) is 1. The Hall–Kier alpha value is -2.29. The van der Waals surface area contributed by atoms with Crippen molar-refractivity contribution in [2.45, 2.75) is 6.92 Å². The van der Waals surface area contributed by atoms with Gasteiger partial charge in [0, 0.05) is 0 Å². The Morgan fingerprint density at radius 1 is 0.941 bits per heavy atom. The molecule has 0 saturated carbocycles. The van der Waals surface area contributed by atoms with Gasteiger partial charge in [-0.15, -0.1) is 0 Å². The van der Waals surface area contributed by atoms with E-state index < -0.39 is 6.03 Å². The second-order valence-corrected chi connectivity index (χ2v) is 3.84. The number of nitrogens with zero attached hydrogens (tertiary/aromatic N) is 1. The average molecular weight is 226 g/mol. The molecule has 86 valence electrons. The van der Waals surface area contributed by atoms with Gasteiger partial charge in [0.1, 0.15) is 0 Å². The maximum atomic E-state index is 11.5. The van der Waals surface area contributed by atoms with E-state index in [1.54, 1.807) is 0 Å². The summed E-state index contributed by atoms with van der Waals surface area (Å²) in [6.45, 7) is 2.00. The Kier molecular flexibility index (Phi) is 3.10. The zero-order valence-corrected chi connectivity index (χ0v) is 9.63. The maximum Gasteiger partial charge on any atom is 0.323 e. The Morgan fingerprint density at radius 3 is 2.00 bits per heavy atom. The van der Waals surface area contributed by atoms with Gasteiger partial charge in [-0.25, -0.2) is 4.79 Å². The van der Waals surface area contributed by atoms with E-state index in [-0.39, 0.29) is 0 Å². The van der Waals surface area contributed by atoms with Crippen LogP contribution >= 0.6 is 0 Å². The SMILES string of the molecule is Cc1ccc(N(C(N)=O)c2ccccc2)cc1. The van der Waals surface area contributed by atoms with Crippen molar-refractivity contribution in [2.75, 3.05) is 4.90 Å². The third-order valence-corrected chi connectivity index (χ3v) is 2.53. The lowest BCUT2D eigenvalue weighted by Gasteiger charge is -2.20. The maximum absolute atomic E-state index is 11.5. The van der Waals surface area contributed by atoms with Crippen molar-refractivity contribution in [1.29, 1.82) is 0 Å². The molecule has 0 aromatic heterocycles. The molecule has 0 heterocycles. The molecule has 2 amide bonds. The molecule has 17 heavy (non-hydrogen) atoms. The van der Waals surface area contributed by atoms with Crippen molar-refractivity contribution in [1.82, 2.24) is 0 Å². The first kappa shape index (κ1) is 11.2. The van der Waals surface area contributed by atoms with Crippen molar-refractivity contribution in [3.05, 3.63) is 60.2 Å². The molecule has 0 unspecified atom stereocenters. The van der Waals surface area contributed by atoms with Crippen molar-refractivity contribution in [3.8, 4) is 0 Å². The lowest BCUT2D eigenvalue weighted by Crippen LogP contribution is -2.31. The van der Waals surface area contributed by atoms with Gasteiger partial charge in [-0.2, -0.15) is 0 Å². The highest BCUT2D eigenvalue weighted by Gasteiger charge is 2.13. The van der Waals surface area contributed by atoms with Gasteiger partial charge in [0.2, 0.25) is 0 Å². The number of anilines is 2. The number of aryl methyl sites for hydroxylation is 1. The smallest absolute Gasteiger partial charge is 0.323 e. The third kappa shape index (κ3) is 2.45. The topological polar surface area (TPSA) is 46.3 Å². The predicted molar refractivity (Wildman–Crippen MR) is 69.3 cm³/mol. The van der Waals surface area contributed by atoms with Gasteiger partial charge in [0.15, 0.2) is 0 Å². The first-order valence-corrected chi connectivity index (χ1v) is 5.40. The van der Waals surface area contributed by atoms with E-state index in [0.29, 0.717) is 0 Å². The van der Waals surface area contributed by atoms with Crippen molar-refractivity contribution >= 4 is 17.4 Å². The number of benzene rings is 2. The van der Waals surface area contributed by atoms with Crippen LogP contribution in [0.4, 0.5) is 16.2 Å². The molecular formula is C14H14N2O. The summed E-state index contributed by atoms with van der Waals surface area (Å²) in [4.78, 5) is 13.0. The number of carbonyl (C=O) groups excluding carboxylic acids is 1. The highest BCUT2D eigenvalue weighted by molar-refractivity contribution is 5.98. The predicted octanol–water partition coefficient (Wildman–Crippen LogP) is 3.21. The number of hydrogen-bond donors (Lipinski definition) is 1. The molecule has 0 atom stereocenters. The van der Waals surface area contributed by atoms with E-state index in [1.807, 2.05) is 61.5 Å². The fraction of sp³-hybridized carbons (Fsp3) is 0.0714. The van der Waals surface area contributed by atoms with Crippen molar-refractivity contribution in [2.24, 2.45) is 5.73 Å². The standard InChI is InChI=1S/C14H14N2O/c1-11-7-9-13(10-8-11)16(14(15)17)12-5-3-2-4-6-12/h2-10H,1H3,(H2,15,17). The molecule has 2 aromatic rings. The van der Waals surface area contributed by atoms with Crippen molar-refractivity contribution < 1.29 is 4.79 Å². The minimum Gasteiger partial charge on any atom is -0.351 e. The van der Waals surface area contributed by atoms with Crippen LogP contribution in [0.5, 0.6) is 0 Å². The average Bonchev–Trinajstić information content (AvgIpc) is 2.33. The number of rotatable bonds is 2. The van der Waals surface area contributed by atoms with Gasteiger partial charge >= 0.3 is 6.03 Å². The molecule has 2 N–H and O–H groups in total. The fourth-order valence-electron chi connectivity index (χ4n) is 1.67. The van der Waals surface area contributed by atoms with Gasteiger partial charge in [-0.1, -0.05) is 35.9 Å². The van der Waals surface area contributed by atoms with Gasteiger partial charge in [-0.05, 0) is 31.2 Å². The van der Waals surface area contributed by atoms with E-state index in [4.69, 9.17) is 5.73 Å². The number of primary amides is 1. The molecule has 0 aliphatic carbocycles. The molecular weight excluding hydrogens is 212 g/mol. The summed E-state index contributed by atoms with van der Waals surface area (Å²) in [6, 6.07) is 16.5. The van der Waals surface area contributed by atoms with Crippen LogP contribution in [0.25, 0.3) is 0 Å². The molecule has 0 spiro atoms. The van der Waals surface area contributed by atoms with Crippen LogP contribution in [-0.2, 0) is 0 Å². The second kappa shape index (κ2) is 4.70. The van der Waals surface area contributed by atoms with E-state index in [0.717, 1.165) is 16.9 Å². The Labute approximate surface area is 100 Å². The van der Waals surface area contributed by atoms with E-state index in [9.17, 15) is 4.79 Å². The molecule has 0 aliphatic heterocycles. The zero-order valence-electron chi connectivity index (χ0n) is 9.63. The van der Waals surface area contributed by atoms with Crippen molar-refractivity contribution in [3.63, 3.8) is 0 Å². The second-order valence-electron chi connectivity index (χ2n) is 3.84. The van der Waals surface area contributed by atoms with Crippen LogP contribution in [0.1, 0.15) is 5.56 Å². The molecule has 2 aromatic carbocycles. The molecule has 0 aliphatic rings. The summed E-state index contributed by atoms with van der Waals surface area (Å²) in [6.07, 6.45) is 0. The van der Waals surface area contributed by atoms with E-state index >= 15 is 0 Å². The summed E-state index contributed by atoms with van der Waals surface area (Å²) in [5.41, 5.74) is 8.11. The lowest BCUT2D eigenvalue weighted by atomic mass is 10.2. The summed E-state index contributed by atoms with van der Waals surface area (Å²) >= 11 is 0. The van der Waals surface area contributed by atoms with Gasteiger partial charge in [0.25, 0.3) is 0 Å². The first-order chi connectivity index (χ1) is 8.18. The molecule has 3 heteroatoms. The minimum absolute atomic E-state index is 0.486. The number of amides is 2. The van der Waals surface area contributed by atoms with Gasteiger partial charge in [0.05, 0.1) is 11.4 Å². The monoisotopic (exact) mass is 226 g/mol. The number of hydrogen-bond acceptors (Lipinski definition) is 1. The van der Waals surface area contributed by atoms with Crippen LogP contribution in [-0.4, -0.2) is 6.03 Å². The molecule has 3 nitrogen and oxygen atoms in total. The number of para-hydroxylation sites is 1. The summed E-state index contributed by atoms with van der Waals surface area (Å²) in [5.74, 6) is 0. The summed E-state index contributed by atoms with van der Waals surface area (Å²) in [7, 11) is 0. The molecule has 0 saturated heterocycles.